The molecular formula is C43H57N7O9S. The molecule has 1 aromatic carbocycles. The Kier molecular flexibility index (Phi) is 11.7. The summed E-state index contributed by atoms with van der Waals surface area (Å²) in [4.78, 5) is 63.5. The average molecular weight is 848 g/mol. The van der Waals surface area contributed by atoms with Crippen LogP contribution in [0, 0.1) is 17.8 Å². The van der Waals surface area contributed by atoms with Crippen molar-refractivity contribution in [1.29, 1.82) is 0 Å². The van der Waals surface area contributed by atoms with Gasteiger partial charge < -0.3 is 29.7 Å². The first-order chi connectivity index (χ1) is 28.3. The molecule has 3 fully saturated rings. The number of nitrogens with zero attached hydrogens (tertiary/aromatic N) is 4. The minimum atomic E-state index is -4.02. The number of aromatic nitrogens is 3. The van der Waals surface area contributed by atoms with Gasteiger partial charge in [0.2, 0.25) is 21.8 Å². The van der Waals surface area contributed by atoms with Crippen molar-refractivity contribution in [2.24, 2.45) is 17.8 Å². The number of alkyl carbamates (subject to hydrolysis) is 1. The van der Waals surface area contributed by atoms with Crippen LogP contribution in [0.15, 0.2) is 54.9 Å². The van der Waals surface area contributed by atoms with Crippen LogP contribution in [0.2, 0.25) is 0 Å². The van der Waals surface area contributed by atoms with Crippen LogP contribution in [-0.2, 0) is 29.1 Å². The number of hydrogen-bond donors (Lipinski definition) is 3. The summed E-state index contributed by atoms with van der Waals surface area (Å²) in [6.07, 6.45) is 9.40. The van der Waals surface area contributed by atoms with Crippen LogP contribution >= 0.6 is 0 Å². The number of carbonyl (C=O) groups excluding carboxylic acids is 4. The third kappa shape index (κ3) is 8.96. The number of sulfonamides is 1. The van der Waals surface area contributed by atoms with E-state index in [1.807, 2.05) is 25.1 Å². The SMILES string of the molecule is CCC1CC(C)CCC=CC2CC2(C(=O)NS(=O)(=O)C2(C)CC2)NC(=O)C2CC(Oc3cc(-n4cccn4)nc4cc(OC)ccc34)CN2C(=O)C1NC(=O)OC(C)(C)C. The lowest BCUT2D eigenvalue weighted by atomic mass is 9.85. The van der Waals surface area contributed by atoms with E-state index < -0.39 is 73.8 Å². The van der Waals surface area contributed by atoms with Crippen molar-refractivity contribution in [2.45, 2.75) is 127 Å². The molecule has 0 spiro atoms. The highest BCUT2D eigenvalue weighted by Gasteiger charge is 2.63. The van der Waals surface area contributed by atoms with Crippen LogP contribution < -0.4 is 24.8 Å². The zero-order chi connectivity index (χ0) is 43.2. The van der Waals surface area contributed by atoms with Gasteiger partial charge in [-0.15, -0.1) is 0 Å². The van der Waals surface area contributed by atoms with E-state index in [0.717, 1.165) is 6.42 Å². The smallest absolute Gasteiger partial charge is 0.408 e. The van der Waals surface area contributed by atoms with Crippen molar-refractivity contribution in [3.05, 3.63) is 54.9 Å². The molecule has 16 nitrogen and oxygen atoms in total. The first kappa shape index (κ1) is 42.9. The van der Waals surface area contributed by atoms with Gasteiger partial charge in [0.05, 0.1) is 23.9 Å². The lowest BCUT2D eigenvalue weighted by Gasteiger charge is -2.34. The predicted octanol–water partition coefficient (Wildman–Crippen LogP) is 4.95. The summed E-state index contributed by atoms with van der Waals surface area (Å²) >= 11 is 0. The predicted molar refractivity (Wildman–Crippen MR) is 223 cm³/mol. The molecule has 3 aromatic rings. The third-order valence-corrected chi connectivity index (χ3v) is 14.4. The Bertz CT molecular complexity index is 2270. The van der Waals surface area contributed by atoms with Crippen molar-refractivity contribution in [3.63, 3.8) is 0 Å². The Morgan fingerprint density at radius 1 is 1.12 bits per heavy atom. The van der Waals surface area contributed by atoms with Gasteiger partial charge in [-0.3, -0.25) is 19.1 Å². The van der Waals surface area contributed by atoms with Gasteiger partial charge >= 0.3 is 6.09 Å². The molecule has 4 amide bonds. The lowest BCUT2D eigenvalue weighted by Crippen LogP contribution is -2.59. The zero-order valence-corrected chi connectivity index (χ0v) is 36.2. The number of benzene rings is 1. The van der Waals surface area contributed by atoms with Gasteiger partial charge in [-0.05, 0) is 96.3 Å². The molecule has 7 rings (SSSR count). The maximum atomic E-state index is 15.1. The quantitative estimate of drug-likeness (QED) is 0.246. The Morgan fingerprint density at radius 3 is 2.55 bits per heavy atom. The second-order valence-corrected chi connectivity index (χ2v) is 20.3. The van der Waals surface area contributed by atoms with Crippen LogP contribution in [0.25, 0.3) is 16.7 Å². The number of fused-ring (bicyclic) bond motifs is 3. The summed E-state index contributed by atoms with van der Waals surface area (Å²) in [7, 11) is -2.46. The molecule has 3 N–H and O–H groups in total. The molecule has 2 aliphatic carbocycles. The molecule has 7 atom stereocenters. The lowest BCUT2D eigenvalue weighted by molar-refractivity contribution is -0.142. The van der Waals surface area contributed by atoms with Gasteiger partial charge in [-0.1, -0.05) is 32.4 Å². The van der Waals surface area contributed by atoms with E-state index in [4.69, 9.17) is 19.2 Å². The van der Waals surface area contributed by atoms with Crippen molar-refractivity contribution in [1.82, 2.24) is 35.0 Å². The number of hydrogen-bond acceptors (Lipinski definition) is 11. The van der Waals surface area contributed by atoms with E-state index in [1.54, 1.807) is 76.1 Å². The van der Waals surface area contributed by atoms with E-state index in [2.05, 4.69) is 27.4 Å². The maximum absolute atomic E-state index is 15.1. The summed E-state index contributed by atoms with van der Waals surface area (Å²) in [5, 5.41) is 10.8. The van der Waals surface area contributed by atoms with Gasteiger partial charge in [0.25, 0.3) is 5.91 Å². The van der Waals surface area contributed by atoms with Crippen LogP contribution in [-0.4, -0.2) is 99.6 Å². The molecule has 17 heteroatoms. The van der Waals surface area contributed by atoms with Gasteiger partial charge in [-0.25, -0.2) is 22.9 Å². The van der Waals surface area contributed by atoms with Crippen LogP contribution in [0.1, 0.15) is 92.9 Å². The Hall–Kier alpha value is -5.19. The summed E-state index contributed by atoms with van der Waals surface area (Å²) < 4.78 is 47.3. The summed E-state index contributed by atoms with van der Waals surface area (Å²) in [5.74, 6) is -1.08. The number of allylic oxidation sites excluding steroid dienone is 1. The minimum Gasteiger partial charge on any atom is -0.497 e. The van der Waals surface area contributed by atoms with Gasteiger partial charge in [0.15, 0.2) is 5.82 Å². The molecule has 2 saturated carbocycles. The second-order valence-electron chi connectivity index (χ2n) is 18.1. The zero-order valence-electron chi connectivity index (χ0n) is 35.4. The molecule has 4 heterocycles. The van der Waals surface area contributed by atoms with Crippen LogP contribution in [0.3, 0.4) is 0 Å². The monoisotopic (exact) mass is 847 g/mol. The number of rotatable bonds is 9. The number of carbonyl (C=O) groups is 4. The normalized spacial score (nSPS) is 28.0. The highest BCUT2D eigenvalue weighted by atomic mass is 32.2. The molecule has 2 aliphatic heterocycles. The molecule has 324 valence electrons. The van der Waals surface area contributed by atoms with Crippen LogP contribution in [0.5, 0.6) is 11.5 Å². The van der Waals surface area contributed by atoms with Gasteiger partial charge in [0.1, 0.15) is 40.8 Å². The molecule has 1 saturated heterocycles. The van der Waals surface area contributed by atoms with E-state index in [0.29, 0.717) is 60.3 Å². The van der Waals surface area contributed by atoms with Crippen molar-refractivity contribution >= 4 is 44.7 Å². The fourth-order valence-electron chi connectivity index (χ4n) is 8.34. The number of pyridine rings is 1. The summed E-state index contributed by atoms with van der Waals surface area (Å²) in [6, 6.07) is 6.68. The largest absolute Gasteiger partial charge is 0.497 e. The molecule has 0 bridgehead atoms. The second kappa shape index (κ2) is 16.3. The number of ether oxygens (including phenoxy) is 3. The Balaban J connectivity index is 1.27. The number of amides is 4. The van der Waals surface area contributed by atoms with Crippen LogP contribution in [0.4, 0.5) is 4.79 Å². The standard InChI is InChI=1S/C43H57N7O9S/c1-8-27-20-26(2)12-9-10-13-28-24-43(28,39(53)48-60(55,56)42(6)16-17-42)47-37(51)33-22-30(25-49(33)38(52)36(27)46-40(54)59-41(3,4)5)58-34-23-35(50-19-11-18-44-50)45-32-21-29(57-7)14-15-31(32)34/h10-11,13-15,18-19,21,23,26-28,30,33,36H,8-9,12,16-17,20,22,24-25H2,1-7H3,(H,46,54)(H,47,51)(H,48,53). The van der Waals surface area contributed by atoms with Gasteiger partial charge in [-0.2, -0.15) is 5.10 Å². The minimum absolute atomic E-state index is 0.0234. The first-order valence-corrected chi connectivity index (χ1v) is 22.3. The van der Waals surface area contributed by atoms with E-state index in [9.17, 15) is 22.8 Å². The first-order valence-electron chi connectivity index (χ1n) is 20.9. The fourth-order valence-corrected chi connectivity index (χ4v) is 9.65. The Morgan fingerprint density at radius 2 is 1.88 bits per heavy atom. The van der Waals surface area contributed by atoms with Crippen molar-refractivity contribution in [2.75, 3.05) is 13.7 Å². The summed E-state index contributed by atoms with van der Waals surface area (Å²) in [5.41, 5.74) is -1.82. The highest BCUT2D eigenvalue weighted by Crippen LogP contribution is 2.48. The highest BCUT2D eigenvalue weighted by molar-refractivity contribution is 7.91. The van der Waals surface area contributed by atoms with Crippen molar-refractivity contribution in [3.8, 4) is 17.3 Å². The van der Waals surface area contributed by atoms with E-state index in [1.165, 1.54) is 4.90 Å². The molecule has 2 aromatic heterocycles. The third-order valence-electron chi connectivity index (χ3n) is 12.3. The maximum Gasteiger partial charge on any atom is 0.408 e. The molecule has 0 radical (unpaired) electrons. The van der Waals surface area contributed by atoms with Gasteiger partial charge in [0, 0.05) is 42.3 Å². The molecule has 60 heavy (non-hydrogen) atoms. The van der Waals surface area contributed by atoms with E-state index in [-0.39, 0.29) is 31.2 Å². The molecule has 4 aliphatic rings. The summed E-state index contributed by atoms with van der Waals surface area (Å²) in [6.45, 7) is 10.8. The van der Waals surface area contributed by atoms with Crippen molar-refractivity contribution < 1.29 is 41.8 Å². The molecular weight excluding hydrogens is 791 g/mol. The number of methoxy groups -OCH3 is 1. The Labute approximate surface area is 351 Å². The number of nitrogens with one attached hydrogen (secondary N) is 3. The average Bonchev–Trinajstić information content (AvgIpc) is 3.94. The molecule has 7 unspecified atom stereocenters. The van der Waals surface area contributed by atoms with E-state index >= 15 is 4.79 Å². The fraction of sp³-hybridized carbons (Fsp3) is 0.581. The topological polar surface area (TPSA) is 200 Å².